The second-order valence-electron chi connectivity index (χ2n) is 2.66. The molecule has 0 heterocycles. The molecule has 0 fully saturated rings. The maximum absolute atomic E-state index is 8.79. The predicted molar refractivity (Wildman–Crippen MR) is 40.5 cm³/mol. The summed E-state index contributed by atoms with van der Waals surface area (Å²) in [5.74, 6) is -0.0949. The zero-order valence-electron chi connectivity index (χ0n) is 5.81. The topological polar surface area (TPSA) is 29.5 Å². The molecule has 0 amide bonds. The molecular formula is C6H11BrO2. The first-order valence-electron chi connectivity index (χ1n) is 2.64. The lowest BCUT2D eigenvalue weighted by Gasteiger charge is -2.19. The summed E-state index contributed by atoms with van der Waals surface area (Å²) in [6.07, 6.45) is 0. The van der Waals surface area contributed by atoms with Gasteiger partial charge in [-0.05, 0) is 20.8 Å². The van der Waals surface area contributed by atoms with Crippen LogP contribution in [0.3, 0.4) is 0 Å². The third-order valence-corrected chi connectivity index (χ3v) is 0.896. The Morgan fingerprint density at radius 2 is 2.00 bits per heavy atom. The van der Waals surface area contributed by atoms with Crippen LogP contribution in [-0.4, -0.2) is 10.7 Å². The molecule has 0 spiro atoms. The third-order valence-electron chi connectivity index (χ3n) is 0.504. The first-order chi connectivity index (χ1) is 3.95. The maximum Gasteiger partial charge on any atom is 0.284 e. The summed E-state index contributed by atoms with van der Waals surface area (Å²) < 4.78 is 4.96. The summed E-state index contributed by atoms with van der Waals surface area (Å²) in [5.41, 5.74) is -0.325. The van der Waals surface area contributed by atoms with Crippen LogP contribution < -0.4 is 0 Å². The number of aliphatic hydroxyl groups is 1. The van der Waals surface area contributed by atoms with E-state index in [1.54, 1.807) is 0 Å². The molecule has 0 rings (SSSR count). The fourth-order valence-electron chi connectivity index (χ4n) is 0.336. The minimum atomic E-state index is -0.325. The molecule has 0 aliphatic heterocycles. The second-order valence-corrected chi connectivity index (χ2v) is 3.12. The predicted octanol–water partition coefficient (Wildman–Crippen LogP) is 2.55. The Morgan fingerprint density at radius 1 is 1.56 bits per heavy atom. The van der Waals surface area contributed by atoms with Gasteiger partial charge in [-0.15, -0.1) is 0 Å². The fraction of sp³-hybridized carbons (Fsp3) is 0.667. The van der Waals surface area contributed by atoms with Gasteiger partial charge in [-0.25, -0.2) is 0 Å². The molecule has 0 aromatic rings. The standard InChI is InChI=1S/C6H11BrO2/c1-6(2,3)9-5(8)4-7/h4,8H,1-3H3/b5-4+. The van der Waals surface area contributed by atoms with Crippen molar-refractivity contribution in [2.45, 2.75) is 26.4 Å². The molecule has 0 radical (unpaired) electrons. The van der Waals surface area contributed by atoms with Crippen molar-refractivity contribution in [2.24, 2.45) is 0 Å². The average molecular weight is 195 g/mol. The normalized spacial score (nSPS) is 13.6. The van der Waals surface area contributed by atoms with Gasteiger partial charge in [0.1, 0.15) is 5.60 Å². The highest BCUT2D eigenvalue weighted by atomic mass is 79.9. The Balaban J connectivity index is 3.75. The number of hydrogen-bond acceptors (Lipinski definition) is 2. The molecule has 2 nitrogen and oxygen atoms in total. The molecule has 0 bridgehead atoms. The zero-order valence-corrected chi connectivity index (χ0v) is 7.40. The van der Waals surface area contributed by atoms with E-state index >= 15 is 0 Å². The lowest BCUT2D eigenvalue weighted by Crippen LogP contribution is -2.18. The summed E-state index contributed by atoms with van der Waals surface area (Å²) in [4.78, 5) is 1.33. The highest BCUT2D eigenvalue weighted by Gasteiger charge is 2.11. The molecule has 0 atom stereocenters. The first-order valence-corrected chi connectivity index (χ1v) is 3.55. The van der Waals surface area contributed by atoms with Crippen molar-refractivity contribution in [1.29, 1.82) is 0 Å². The first kappa shape index (κ1) is 8.82. The Morgan fingerprint density at radius 3 is 2.11 bits per heavy atom. The van der Waals surface area contributed by atoms with Crippen LogP contribution in [0.25, 0.3) is 0 Å². The van der Waals surface area contributed by atoms with Crippen LogP contribution in [0.15, 0.2) is 10.9 Å². The Hall–Kier alpha value is -0.180. The highest BCUT2D eigenvalue weighted by Crippen LogP contribution is 2.11. The molecular weight excluding hydrogens is 184 g/mol. The molecule has 0 saturated carbocycles. The third kappa shape index (κ3) is 5.69. The van der Waals surface area contributed by atoms with E-state index < -0.39 is 0 Å². The van der Waals surface area contributed by atoms with Crippen molar-refractivity contribution in [2.75, 3.05) is 0 Å². The smallest absolute Gasteiger partial charge is 0.284 e. The van der Waals surface area contributed by atoms with Crippen LogP contribution >= 0.6 is 15.9 Å². The summed E-state index contributed by atoms with van der Waals surface area (Å²) in [5, 5.41) is 8.79. The van der Waals surface area contributed by atoms with Crippen LogP contribution in [-0.2, 0) is 4.74 Å². The summed E-state index contributed by atoms with van der Waals surface area (Å²) >= 11 is 2.93. The van der Waals surface area contributed by atoms with Crippen LogP contribution in [0.4, 0.5) is 0 Å². The molecule has 0 unspecified atom stereocenters. The molecule has 0 aromatic heterocycles. The van der Waals surface area contributed by atoms with Gasteiger partial charge in [-0.1, -0.05) is 15.9 Å². The van der Waals surface area contributed by atoms with Gasteiger partial charge in [0.05, 0.1) is 4.99 Å². The van der Waals surface area contributed by atoms with E-state index in [2.05, 4.69) is 15.9 Å². The van der Waals surface area contributed by atoms with Crippen molar-refractivity contribution in [1.82, 2.24) is 0 Å². The highest BCUT2D eigenvalue weighted by molar-refractivity contribution is 9.11. The van der Waals surface area contributed by atoms with Gasteiger partial charge in [0, 0.05) is 0 Å². The van der Waals surface area contributed by atoms with Gasteiger partial charge in [0.2, 0.25) is 0 Å². The minimum absolute atomic E-state index is 0.0949. The maximum atomic E-state index is 8.79. The molecule has 54 valence electrons. The number of halogens is 1. The van der Waals surface area contributed by atoms with Crippen molar-refractivity contribution in [3.8, 4) is 0 Å². The van der Waals surface area contributed by atoms with Crippen molar-refractivity contribution in [3.63, 3.8) is 0 Å². The molecule has 0 aliphatic carbocycles. The van der Waals surface area contributed by atoms with Gasteiger partial charge in [-0.2, -0.15) is 0 Å². The monoisotopic (exact) mass is 194 g/mol. The SMILES string of the molecule is CC(C)(C)O/C(O)=C/Br. The van der Waals surface area contributed by atoms with Gasteiger partial charge >= 0.3 is 0 Å². The van der Waals surface area contributed by atoms with Crippen LogP contribution in [0.5, 0.6) is 0 Å². The largest absolute Gasteiger partial charge is 0.481 e. The molecule has 9 heavy (non-hydrogen) atoms. The summed E-state index contributed by atoms with van der Waals surface area (Å²) in [7, 11) is 0. The number of rotatable bonds is 1. The average Bonchev–Trinajstić information content (AvgIpc) is 1.62. The Kier molecular flexibility index (Phi) is 3.04. The molecule has 0 aromatic carbocycles. The zero-order chi connectivity index (χ0) is 7.49. The van der Waals surface area contributed by atoms with E-state index in [0.717, 1.165) is 0 Å². The molecule has 0 saturated heterocycles. The number of ether oxygens (including phenoxy) is 1. The molecule has 1 N–H and O–H groups in total. The van der Waals surface area contributed by atoms with E-state index in [9.17, 15) is 0 Å². The van der Waals surface area contributed by atoms with Gasteiger partial charge in [-0.3, -0.25) is 0 Å². The van der Waals surface area contributed by atoms with E-state index in [1.807, 2.05) is 20.8 Å². The Labute approximate surface area is 63.6 Å². The molecule has 0 aliphatic rings. The fourth-order valence-corrected chi connectivity index (χ4v) is 0.429. The number of aliphatic hydroxyl groups excluding tert-OH is 1. The minimum Gasteiger partial charge on any atom is -0.481 e. The lowest BCUT2D eigenvalue weighted by molar-refractivity contribution is -0.0134. The second kappa shape index (κ2) is 3.11. The van der Waals surface area contributed by atoms with Crippen LogP contribution in [0.2, 0.25) is 0 Å². The van der Waals surface area contributed by atoms with Crippen LogP contribution in [0, 0.1) is 0 Å². The summed E-state index contributed by atoms with van der Waals surface area (Å²) in [6.45, 7) is 5.58. The quantitative estimate of drug-likeness (QED) is 0.651. The molecule has 3 heteroatoms. The van der Waals surface area contributed by atoms with Crippen molar-refractivity contribution in [3.05, 3.63) is 10.9 Å². The lowest BCUT2D eigenvalue weighted by atomic mass is 10.2. The van der Waals surface area contributed by atoms with E-state index in [0.29, 0.717) is 0 Å². The number of hydrogen-bond donors (Lipinski definition) is 1. The van der Waals surface area contributed by atoms with Gasteiger partial charge in [0.15, 0.2) is 0 Å². The van der Waals surface area contributed by atoms with E-state index in [-0.39, 0.29) is 11.5 Å². The Bertz CT molecular complexity index is 113. The van der Waals surface area contributed by atoms with E-state index in [1.165, 1.54) is 4.99 Å². The summed E-state index contributed by atoms with van der Waals surface area (Å²) in [6, 6.07) is 0. The van der Waals surface area contributed by atoms with Gasteiger partial charge in [0.25, 0.3) is 5.95 Å². The van der Waals surface area contributed by atoms with Crippen molar-refractivity contribution < 1.29 is 9.84 Å². The van der Waals surface area contributed by atoms with Crippen molar-refractivity contribution >= 4 is 15.9 Å². The van der Waals surface area contributed by atoms with E-state index in [4.69, 9.17) is 9.84 Å². The van der Waals surface area contributed by atoms with Crippen LogP contribution in [0.1, 0.15) is 20.8 Å². The van der Waals surface area contributed by atoms with Gasteiger partial charge < -0.3 is 9.84 Å².